The standard InChI is InChI=1S/C17H12P.C7H9.2ClH.Ti/c1-2-6-14-10-17(9-13(14)5-1)18-11-15-7-3-4-8-16(15)12-18;1-7(2)5-3-4-6-7;;;/h1-12H;3-5H,1-2H3;2*1H;/q2*-1;;;+2/p-2. The number of rotatable bonds is 1. The largest absolute Gasteiger partial charge is 0.157 e. The Labute approximate surface area is 185 Å². The number of hydrogen-bond donors (Lipinski definition) is 0. The molecule has 0 saturated heterocycles. The molecular weight excluding hydrogens is 438 g/mol. The Morgan fingerprint density at radius 3 is 1.96 bits per heavy atom. The summed E-state index contributed by atoms with van der Waals surface area (Å²) in [7, 11) is 9.51. The summed E-state index contributed by atoms with van der Waals surface area (Å²) < 4.78 is 0. The van der Waals surface area contributed by atoms with E-state index in [1.807, 2.05) is 12.2 Å². The molecule has 0 aliphatic heterocycles. The predicted octanol–water partition coefficient (Wildman–Crippen LogP) is 9.01. The van der Waals surface area contributed by atoms with E-state index in [-0.39, 0.29) is 12.9 Å². The molecule has 0 radical (unpaired) electrons. The summed E-state index contributed by atoms with van der Waals surface area (Å²) in [5, 5.41) is 6.94. The van der Waals surface area contributed by atoms with Crippen LogP contribution in [0.5, 0.6) is 0 Å². The first-order valence-corrected chi connectivity index (χ1v) is 14.8. The van der Waals surface area contributed by atoms with Crippen molar-refractivity contribution in [3.63, 3.8) is 0 Å². The fraction of sp³-hybridized carbons (Fsp3) is 0.125. The van der Waals surface area contributed by atoms with Crippen molar-refractivity contribution in [2.24, 2.45) is 5.41 Å². The van der Waals surface area contributed by atoms with Crippen LogP contribution in [0.15, 0.2) is 90.5 Å². The first kappa shape index (κ1) is 21.6. The average Bonchev–Trinajstić information content (AvgIpc) is 3.39. The van der Waals surface area contributed by atoms with Crippen molar-refractivity contribution >= 4 is 47.7 Å². The van der Waals surface area contributed by atoms with Crippen molar-refractivity contribution in [1.29, 1.82) is 0 Å². The van der Waals surface area contributed by atoms with E-state index in [1.165, 1.54) is 26.8 Å². The minimum absolute atomic E-state index is 0.208. The fourth-order valence-corrected chi connectivity index (χ4v) is 5.13. The second kappa shape index (κ2) is 10.1. The molecule has 4 heteroatoms. The third-order valence-corrected chi connectivity index (χ3v) is 6.48. The Hall–Kier alpha value is -1.14. The van der Waals surface area contributed by atoms with E-state index in [9.17, 15) is 0 Å². The van der Waals surface area contributed by atoms with Gasteiger partial charge in [0, 0.05) is 0 Å². The number of fused-ring (bicyclic) bond motifs is 2. The molecule has 0 atom stereocenters. The maximum atomic E-state index is 4.89. The van der Waals surface area contributed by atoms with Crippen LogP contribution in [-0.2, 0) is 17.0 Å². The Kier molecular flexibility index (Phi) is 7.75. The fourth-order valence-electron chi connectivity index (χ4n) is 3.11. The van der Waals surface area contributed by atoms with Crippen molar-refractivity contribution in [3.05, 3.63) is 96.6 Å². The van der Waals surface area contributed by atoms with E-state index in [4.69, 9.17) is 18.6 Å². The van der Waals surface area contributed by atoms with Gasteiger partial charge in [-0.2, -0.15) is 12.1 Å². The summed E-state index contributed by atoms with van der Waals surface area (Å²) in [6.45, 7) is 4.26. The van der Waals surface area contributed by atoms with E-state index in [0.717, 1.165) is 0 Å². The third-order valence-electron chi connectivity index (χ3n) is 4.52. The molecular formula is C24H21Cl2PTi-2. The molecule has 0 fully saturated rings. The topological polar surface area (TPSA) is 0 Å². The summed E-state index contributed by atoms with van der Waals surface area (Å²) in [6.07, 6.45) is 9.28. The predicted molar refractivity (Wildman–Crippen MR) is 124 cm³/mol. The molecule has 1 aliphatic carbocycles. The van der Waals surface area contributed by atoms with E-state index < -0.39 is 17.0 Å². The zero-order chi connectivity index (χ0) is 20.0. The molecule has 28 heavy (non-hydrogen) atoms. The molecule has 0 spiro atoms. The minimum atomic E-state index is -0.556. The van der Waals surface area contributed by atoms with E-state index in [1.54, 1.807) is 0 Å². The van der Waals surface area contributed by atoms with E-state index >= 15 is 0 Å². The van der Waals surface area contributed by atoms with Crippen molar-refractivity contribution in [2.45, 2.75) is 13.8 Å². The van der Waals surface area contributed by atoms with Crippen LogP contribution in [0.4, 0.5) is 0 Å². The second-order valence-electron chi connectivity index (χ2n) is 7.10. The van der Waals surface area contributed by atoms with E-state index in [2.05, 4.69) is 98.3 Å². The molecule has 1 heterocycles. The zero-order valence-electron chi connectivity index (χ0n) is 15.9. The van der Waals surface area contributed by atoms with Crippen molar-refractivity contribution in [2.75, 3.05) is 0 Å². The molecule has 4 aromatic rings. The molecule has 1 aliphatic rings. The number of allylic oxidation sites excluding steroid dienone is 4. The van der Waals surface area contributed by atoms with Crippen LogP contribution >= 0.6 is 26.1 Å². The quantitative estimate of drug-likeness (QED) is 0.197. The summed E-state index contributed by atoms with van der Waals surface area (Å²) >= 11 is -0.556. The van der Waals surface area contributed by atoms with Crippen LogP contribution in [0, 0.1) is 11.5 Å². The second-order valence-corrected chi connectivity index (χ2v) is 11.5. The van der Waals surface area contributed by atoms with E-state index in [0.29, 0.717) is 0 Å². The van der Waals surface area contributed by atoms with Gasteiger partial charge in [0.25, 0.3) is 0 Å². The zero-order valence-corrected chi connectivity index (χ0v) is 19.8. The number of benzene rings is 2. The smallest absolute Gasteiger partial charge is 0.0138 e. The Morgan fingerprint density at radius 2 is 1.50 bits per heavy atom. The van der Waals surface area contributed by atoms with Gasteiger partial charge in [0.2, 0.25) is 0 Å². The van der Waals surface area contributed by atoms with Crippen LogP contribution < -0.4 is 0 Å². The van der Waals surface area contributed by atoms with Gasteiger partial charge in [0.05, 0.1) is 0 Å². The molecule has 0 bridgehead atoms. The number of hydrogen-bond acceptors (Lipinski definition) is 0. The first-order chi connectivity index (χ1) is 13.5. The van der Waals surface area contributed by atoms with Crippen LogP contribution in [0.2, 0.25) is 0 Å². The SMILES string of the molecule is CC1(C)[C-]=CC=C1.[Cl][Ti][Cl].c1ccc2cp(-c3cc4ccccc4[cH-]3)cc2c1. The Morgan fingerprint density at radius 1 is 0.929 bits per heavy atom. The van der Waals surface area contributed by atoms with Crippen molar-refractivity contribution in [1.82, 2.24) is 0 Å². The molecule has 1 aromatic heterocycles. The van der Waals surface area contributed by atoms with Gasteiger partial charge in [-0.1, -0.05) is 54.9 Å². The van der Waals surface area contributed by atoms with Gasteiger partial charge in [0.1, 0.15) is 0 Å². The van der Waals surface area contributed by atoms with Gasteiger partial charge < -0.3 is 0 Å². The van der Waals surface area contributed by atoms with Crippen LogP contribution in [0.25, 0.3) is 26.8 Å². The normalized spacial score (nSPS) is 13.7. The summed E-state index contributed by atoms with van der Waals surface area (Å²) in [6, 6.07) is 21.9. The van der Waals surface area contributed by atoms with Crippen LogP contribution in [0.1, 0.15) is 13.8 Å². The maximum absolute atomic E-state index is 4.89. The monoisotopic (exact) mass is 458 g/mol. The molecule has 5 rings (SSSR count). The summed E-state index contributed by atoms with van der Waals surface area (Å²) in [5.41, 5.74) is 0.208. The molecule has 142 valence electrons. The van der Waals surface area contributed by atoms with Crippen LogP contribution in [-0.4, -0.2) is 0 Å². The van der Waals surface area contributed by atoms with Crippen molar-refractivity contribution < 1.29 is 17.0 Å². The summed E-state index contributed by atoms with van der Waals surface area (Å²) in [4.78, 5) is 0. The molecule has 0 saturated carbocycles. The summed E-state index contributed by atoms with van der Waals surface area (Å²) in [5.74, 6) is 4.83. The molecule has 3 aromatic carbocycles. The molecule has 0 nitrogen and oxygen atoms in total. The molecule has 0 N–H and O–H groups in total. The maximum Gasteiger partial charge on any atom is -0.0138 e. The molecule has 0 unspecified atom stereocenters. The van der Waals surface area contributed by atoms with Crippen molar-refractivity contribution in [3.8, 4) is 5.30 Å². The van der Waals surface area contributed by atoms with Gasteiger partial charge in [0.15, 0.2) is 0 Å². The van der Waals surface area contributed by atoms with Gasteiger partial charge in [-0.3, -0.25) is 6.08 Å². The number of halogens is 2. The third kappa shape index (κ3) is 5.69. The average molecular weight is 459 g/mol. The Balaban J connectivity index is 0.000000188. The van der Waals surface area contributed by atoms with Gasteiger partial charge in [-0.25, -0.2) is 12.2 Å². The molecule has 0 amide bonds. The first-order valence-electron chi connectivity index (χ1n) is 9.00. The minimum Gasteiger partial charge on any atom is -0.157 e. The van der Waals surface area contributed by atoms with Gasteiger partial charge >= 0.3 is 35.6 Å². The van der Waals surface area contributed by atoms with Gasteiger partial charge in [-0.05, 0) is 22.4 Å². The van der Waals surface area contributed by atoms with Crippen LogP contribution in [0.3, 0.4) is 0 Å². The Bertz CT molecular complexity index is 950. The van der Waals surface area contributed by atoms with Gasteiger partial charge in [-0.15, -0.1) is 42.6 Å².